The number of amides is 2. The summed E-state index contributed by atoms with van der Waals surface area (Å²) in [6, 6.07) is 0.108. The fourth-order valence-corrected chi connectivity index (χ4v) is 8.35. The Labute approximate surface area is 225 Å². The molecule has 9 nitrogen and oxygen atoms in total. The second-order valence-electron chi connectivity index (χ2n) is 11.8. The minimum absolute atomic E-state index is 0.0201. The van der Waals surface area contributed by atoms with Crippen LogP contribution in [-0.4, -0.2) is 74.8 Å². The van der Waals surface area contributed by atoms with Crippen molar-refractivity contribution >= 4 is 33.4 Å². The minimum Gasteiger partial charge on any atom is -0.353 e. The first-order chi connectivity index (χ1) is 17.6. The Morgan fingerprint density at radius 2 is 1.78 bits per heavy atom. The quantitative estimate of drug-likeness (QED) is 0.265. The summed E-state index contributed by atoms with van der Waals surface area (Å²) in [5.41, 5.74) is 2.26. The number of rotatable bonds is 8. The molecule has 3 aliphatic carbocycles. The molecule has 4 fully saturated rings. The van der Waals surface area contributed by atoms with Gasteiger partial charge in [0.05, 0.1) is 17.0 Å². The molecule has 4 N–H and O–H groups in total. The number of halogens is 2. The van der Waals surface area contributed by atoms with E-state index >= 15 is 0 Å². The van der Waals surface area contributed by atoms with Gasteiger partial charge in [-0.15, -0.1) is 16.4 Å². The van der Waals surface area contributed by atoms with Crippen LogP contribution in [-0.2, 0) is 19.6 Å². The molecule has 0 radical (unpaired) electrons. The molecule has 12 heteroatoms. The molecule has 37 heavy (non-hydrogen) atoms. The van der Waals surface area contributed by atoms with E-state index in [2.05, 4.69) is 25.8 Å². The molecule has 4 rings (SSSR count). The van der Waals surface area contributed by atoms with Gasteiger partial charge in [-0.05, 0) is 63.8 Å². The third-order valence-electron chi connectivity index (χ3n) is 8.74. The first kappa shape index (κ1) is 29.0. The van der Waals surface area contributed by atoms with E-state index in [0.29, 0.717) is 19.3 Å². The summed E-state index contributed by atoms with van der Waals surface area (Å²) in [5, 5.41) is 5.74. The highest BCUT2D eigenvalue weighted by atomic mass is 35.5. The molecule has 0 aromatic rings. The van der Waals surface area contributed by atoms with Crippen molar-refractivity contribution in [3.8, 4) is 0 Å². The van der Waals surface area contributed by atoms with E-state index < -0.39 is 33.4 Å². The number of hydrogen-bond acceptors (Lipinski definition) is 6. The number of nitrogens with one attached hydrogen (secondary N) is 4. The normalized spacial score (nSPS) is 36.2. The van der Waals surface area contributed by atoms with Crippen LogP contribution in [0.4, 0.5) is 4.39 Å². The average Bonchev–Trinajstić information content (AvgIpc) is 3.31. The molecule has 1 saturated heterocycles. The van der Waals surface area contributed by atoms with Gasteiger partial charge in [-0.2, -0.15) is 0 Å². The molecule has 1 heterocycles. The van der Waals surface area contributed by atoms with Crippen molar-refractivity contribution < 1.29 is 22.4 Å². The van der Waals surface area contributed by atoms with Gasteiger partial charge >= 0.3 is 0 Å². The standard InChI is InChI=1S/C25H43ClFN5O4S/c1-32-13-22(28-15-32)18-11-20(23(27)21(26)12-18)25(34)30-31-37(35,36)14-16-6-5-9-19(10-16)29-24(33)17-7-3-2-4-8-17/h16-23,28,31H,2-15H2,1H3,(H,29,33)(H,30,34). The molecular formula is C25H43ClFN5O4S. The summed E-state index contributed by atoms with van der Waals surface area (Å²) < 4.78 is 40.4. The number of nitrogens with zero attached hydrogens (tertiary/aromatic N) is 1. The number of likely N-dealkylation sites (N-methyl/N-ethyl adjacent to an activating group) is 1. The van der Waals surface area contributed by atoms with Gasteiger partial charge in [-0.1, -0.05) is 25.7 Å². The highest BCUT2D eigenvalue weighted by molar-refractivity contribution is 7.89. The smallest absolute Gasteiger partial charge is 0.241 e. The molecule has 3 saturated carbocycles. The van der Waals surface area contributed by atoms with E-state index in [1.165, 1.54) is 6.42 Å². The lowest BCUT2D eigenvalue weighted by Gasteiger charge is -2.37. The molecule has 0 aromatic heterocycles. The van der Waals surface area contributed by atoms with Gasteiger partial charge in [0.25, 0.3) is 0 Å². The van der Waals surface area contributed by atoms with E-state index in [-0.39, 0.29) is 41.5 Å². The average molecular weight is 564 g/mol. The van der Waals surface area contributed by atoms with Crippen LogP contribution in [0.2, 0.25) is 0 Å². The lowest BCUT2D eigenvalue weighted by atomic mass is 9.76. The Hall–Kier alpha value is -1.01. The molecule has 0 spiro atoms. The van der Waals surface area contributed by atoms with E-state index in [4.69, 9.17) is 11.6 Å². The van der Waals surface area contributed by atoms with Crippen molar-refractivity contribution in [1.29, 1.82) is 0 Å². The van der Waals surface area contributed by atoms with Crippen LogP contribution in [0.15, 0.2) is 0 Å². The van der Waals surface area contributed by atoms with Gasteiger partial charge in [0.2, 0.25) is 21.8 Å². The van der Waals surface area contributed by atoms with E-state index in [1.807, 2.05) is 7.05 Å². The number of carbonyl (C=O) groups excluding carboxylic acids is 2. The highest BCUT2D eigenvalue weighted by Gasteiger charge is 2.44. The van der Waals surface area contributed by atoms with Crippen LogP contribution >= 0.6 is 11.6 Å². The maximum absolute atomic E-state index is 14.9. The Balaban J connectivity index is 1.25. The zero-order chi connectivity index (χ0) is 26.6. The summed E-state index contributed by atoms with van der Waals surface area (Å²) in [6.45, 7) is 1.53. The Bertz CT molecular complexity index is 906. The van der Waals surface area contributed by atoms with Crippen LogP contribution in [0.5, 0.6) is 0 Å². The monoisotopic (exact) mass is 563 g/mol. The van der Waals surface area contributed by atoms with Crippen molar-refractivity contribution in [2.45, 2.75) is 94.3 Å². The summed E-state index contributed by atoms with van der Waals surface area (Å²) in [4.78, 5) is 29.8. The lowest BCUT2D eigenvalue weighted by Crippen LogP contribution is -2.52. The van der Waals surface area contributed by atoms with E-state index in [1.54, 1.807) is 0 Å². The van der Waals surface area contributed by atoms with Crippen molar-refractivity contribution in [2.24, 2.45) is 23.7 Å². The molecule has 0 bridgehead atoms. The second kappa shape index (κ2) is 12.9. The minimum atomic E-state index is -3.82. The van der Waals surface area contributed by atoms with Gasteiger partial charge in [-0.3, -0.25) is 25.2 Å². The zero-order valence-electron chi connectivity index (χ0n) is 21.8. The first-order valence-corrected chi connectivity index (χ1v) is 16.0. The third kappa shape index (κ3) is 8.00. The van der Waals surface area contributed by atoms with Gasteiger partial charge in [-0.25, -0.2) is 12.8 Å². The van der Waals surface area contributed by atoms with Crippen molar-refractivity contribution in [3.63, 3.8) is 0 Å². The molecule has 7 unspecified atom stereocenters. The molecule has 1 aliphatic heterocycles. The van der Waals surface area contributed by atoms with Crippen LogP contribution in [0.25, 0.3) is 0 Å². The molecule has 4 aliphatic rings. The predicted molar refractivity (Wildman–Crippen MR) is 141 cm³/mol. The van der Waals surface area contributed by atoms with Crippen molar-refractivity contribution in [3.05, 3.63) is 0 Å². The van der Waals surface area contributed by atoms with Gasteiger partial charge in [0, 0.05) is 31.2 Å². The summed E-state index contributed by atoms with van der Waals surface area (Å²) >= 11 is 6.27. The summed E-state index contributed by atoms with van der Waals surface area (Å²) in [6.07, 6.45) is 7.53. The van der Waals surface area contributed by atoms with Crippen LogP contribution < -0.4 is 20.9 Å². The first-order valence-electron chi connectivity index (χ1n) is 13.9. The number of alkyl halides is 2. The molecule has 7 atom stereocenters. The van der Waals surface area contributed by atoms with Crippen LogP contribution in [0.3, 0.4) is 0 Å². The van der Waals surface area contributed by atoms with Crippen LogP contribution in [0.1, 0.15) is 70.6 Å². The van der Waals surface area contributed by atoms with Crippen molar-refractivity contribution in [1.82, 2.24) is 25.8 Å². The lowest BCUT2D eigenvalue weighted by molar-refractivity contribution is -0.129. The van der Waals surface area contributed by atoms with Gasteiger partial charge < -0.3 is 5.32 Å². The Morgan fingerprint density at radius 3 is 2.49 bits per heavy atom. The predicted octanol–water partition coefficient (Wildman–Crippen LogP) is 2.03. The molecule has 2 amide bonds. The van der Waals surface area contributed by atoms with E-state index in [9.17, 15) is 22.4 Å². The zero-order valence-corrected chi connectivity index (χ0v) is 23.3. The fraction of sp³-hybridized carbons (Fsp3) is 0.920. The number of carbonyl (C=O) groups is 2. The van der Waals surface area contributed by atoms with Gasteiger partial charge in [0.1, 0.15) is 6.17 Å². The second-order valence-corrected chi connectivity index (χ2v) is 14.1. The van der Waals surface area contributed by atoms with E-state index in [0.717, 1.165) is 58.2 Å². The maximum Gasteiger partial charge on any atom is 0.241 e. The summed E-state index contributed by atoms with van der Waals surface area (Å²) in [5.74, 6) is -1.75. The third-order valence-corrected chi connectivity index (χ3v) is 10.5. The molecule has 0 aromatic carbocycles. The number of sulfonamides is 1. The Kier molecular flexibility index (Phi) is 10.1. The Morgan fingerprint density at radius 1 is 1.03 bits per heavy atom. The van der Waals surface area contributed by atoms with Gasteiger partial charge in [0.15, 0.2) is 0 Å². The maximum atomic E-state index is 14.9. The molecule has 212 valence electrons. The summed E-state index contributed by atoms with van der Waals surface area (Å²) in [7, 11) is -1.83. The number of hydrazine groups is 1. The highest BCUT2D eigenvalue weighted by Crippen LogP contribution is 2.37. The molecular weight excluding hydrogens is 521 g/mol. The largest absolute Gasteiger partial charge is 0.353 e. The topological polar surface area (TPSA) is 120 Å². The number of hydrogen-bond donors (Lipinski definition) is 4. The van der Waals surface area contributed by atoms with Crippen LogP contribution in [0, 0.1) is 23.7 Å². The van der Waals surface area contributed by atoms with Crippen molar-refractivity contribution in [2.75, 3.05) is 26.0 Å². The SMILES string of the molecule is CN1CNC(C2CC(Cl)C(F)C(C(=O)NNS(=O)(=O)CC3CCCC(NC(=O)C4CCCCC4)C3)C2)C1. The fourth-order valence-electron chi connectivity index (χ4n) is 6.69.